The van der Waals surface area contributed by atoms with Gasteiger partial charge in [0.05, 0.1) is 12.2 Å². The van der Waals surface area contributed by atoms with E-state index in [2.05, 4.69) is 5.32 Å². The van der Waals surface area contributed by atoms with Crippen LogP contribution in [0.5, 0.6) is 0 Å². The van der Waals surface area contributed by atoms with Gasteiger partial charge in [0.25, 0.3) is 0 Å². The van der Waals surface area contributed by atoms with Crippen molar-refractivity contribution in [3.8, 4) is 0 Å². The number of nitrogens with one attached hydrogen (secondary N) is 1. The monoisotopic (exact) mass is 290 g/mol. The Balaban J connectivity index is 1.88. The normalized spacial score (nSPS) is 12.2. The molecule has 1 aromatic heterocycles. The number of carbonyl (C=O) groups is 1. The van der Waals surface area contributed by atoms with Crippen LogP contribution >= 0.6 is 11.3 Å². The number of hydrogen-bond donors (Lipinski definition) is 3. The van der Waals surface area contributed by atoms with Crippen molar-refractivity contribution in [1.29, 1.82) is 0 Å². The maximum atomic E-state index is 11.0. The number of amides is 1. The Kier molecular flexibility index (Phi) is 5.29. The van der Waals surface area contributed by atoms with Gasteiger partial charge in [0, 0.05) is 22.8 Å². The van der Waals surface area contributed by atoms with Crippen LogP contribution in [0.2, 0.25) is 0 Å². The second-order valence-corrected chi connectivity index (χ2v) is 5.61. The van der Waals surface area contributed by atoms with Gasteiger partial charge < -0.3 is 16.2 Å². The van der Waals surface area contributed by atoms with E-state index in [4.69, 9.17) is 5.73 Å². The third kappa shape index (κ3) is 4.16. The summed E-state index contributed by atoms with van der Waals surface area (Å²) in [5.41, 5.74) is 6.94. The first-order valence-corrected chi connectivity index (χ1v) is 7.32. The molecule has 0 radical (unpaired) electrons. The largest absolute Gasteiger partial charge is 0.395 e. The summed E-state index contributed by atoms with van der Waals surface area (Å²) in [6.45, 7) is 0.693. The van der Waals surface area contributed by atoms with E-state index < -0.39 is 5.91 Å². The second kappa shape index (κ2) is 7.19. The average molecular weight is 290 g/mol. The van der Waals surface area contributed by atoms with Crippen molar-refractivity contribution >= 4 is 17.2 Å². The lowest BCUT2D eigenvalue weighted by atomic mass is 10.1. The SMILES string of the molecule is NC(=O)c1csc(CN[C@@H](CO)Cc2ccccc2)c1. The predicted molar refractivity (Wildman–Crippen MR) is 80.7 cm³/mol. The highest BCUT2D eigenvalue weighted by Crippen LogP contribution is 2.14. The number of benzene rings is 1. The first-order chi connectivity index (χ1) is 9.69. The minimum absolute atomic E-state index is 0.00321. The summed E-state index contributed by atoms with van der Waals surface area (Å²) < 4.78 is 0. The Labute approximate surface area is 122 Å². The maximum absolute atomic E-state index is 11.0. The van der Waals surface area contributed by atoms with Crippen LogP contribution in [0.25, 0.3) is 0 Å². The smallest absolute Gasteiger partial charge is 0.249 e. The first-order valence-electron chi connectivity index (χ1n) is 6.44. The van der Waals surface area contributed by atoms with Crippen LogP contribution in [-0.4, -0.2) is 23.7 Å². The number of hydrogen-bond acceptors (Lipinski definition) is 4. The van der Waals surface area contributed by atoms with Gasteiger partial charge in [0.15, 0.2) is 0 Å². The Morgan fingerprint density at radius 3 is 2.70 bits per heavy atom. The molecule has 1 heterocycles. The fourth-order valence-corrected chi connectivity index (χ4v) is 2.77. The summed E-state index contributed by atoms with van der Waals surface area (Å²) in [5, 5.41) is 14.5. The van der Waals surface area contributed by atoms with Crippen LogP contribution in [0.1, 0.15) is 20.8 Å². The van der Waals surface area contributed by atoms with Gasteiger partial charge in [-0.3, -0.25) is 4.79 Å². The molecule has 2 rings (SSSR count). The zero-order chi connectivity index (χ0) is 14.4. The molecular formula is C15H18N2O2S. The molecule has 0 unspecified atom stereocenters. The van der Waals surface area contributed by atoms with E-state index in [9.17, 15) is 9.90 Å². The summed E-state index contributed by atoms with van der Waals surface area (Å²) >= 11 is 1.49. The number of primary amides is 1. The van der Waals surface area contributed by atoms with Gasteiger partial charge in [0.2, 0.25) is 5.91 Å². The first kappa shape index (κ1) is 14.7. The predicted octanol–water partition coefficient (Wildman–Crippen LogP) is 1.54. The summed E-state index contributed by atoms with van der Waals surface area (Å²) in [6, 6.07) is 11.8. The van der Waals surface area contributed by atoms with Gasteiger partial charge in [-0.15, -0.1) is 11.3 Å². The van der Waals surface area contributed by atoms with Gasteiger partial charge in [-0.25, -0.2) is 0 Å². The standard InChI is InChI=1S/C15H18N2O2S/c16-15(19)12-7-14(20-10-12)8-17-13(9-18)6-11-4-2-1-3-5-11/h1-5,7,10,13,17-18H,6,8-9H2,(H2,16,19)/t13-/m1/s1. The zero-order valence-corrected chi connectivity index (χ0v) is 11.9. The molecule has 4 N–H and O–H groups in total. The third-order valence-electron chi connectivity index (χ3n) is 3.05. The van der Waals surface area contributed by atoms with E-state index in [1.54, 1.807) is 11.4 Å². The molecule has 106 valence electrons. The van der Waals surface area contributed by atoms with Crippen molar-refractivity contribution in [2.24, 2.45) is 5.73 Å². The molecule has 0 aliphatic heterocycles. The van der Waals surface area contributed by atoms with Crippen molar-refractivity contribution in [3.63, 3.8) is 0 Å². The lowest BCUT2D eigenvalue weighted by Gasteiger charge is -2.15. The molecule has 0 saturated carbocycles. The van der Waals surface area contributed by atoms with Crippen molar-refractivity contribution < 1.29 is 9.90 Å². The third-order valence-corrected chi connectivity index (χ3v) is 3.99. The lowest BCUT2D eigenvalue weighted by molar-refractivity contribution is 0.100. The van der Waals surface area contributed by atoms with Crippen LogP contribution in [-0.2, 0) is 13.0 Å². The topological polar surface area (TPSA) is 75.4 Å². The van der Waals surface area contributed by atoms with Gasteiger partial charge >= 0.3 is 0 Å². The highest BCUT2D eigenvalue weighted by molar-refractivity contribution is 7.10. The molecule has 5 heteroatoms. The minimum atomic E-state index is -0.407. The van der Waals surface area contributed by atoms with E-state index in [1.807, 2.05) is 30.3 Å². The Bertz CT molecular complexity index is 554. The van der Waals surface area contributed by atoms with Crippen LogP contribution in [0.4, 0.5) is 0 Å². The molecule has 0 fully saturated rings. The number of aliphatic hydroxyl groups is 1. The molecule has 1 atom stereocenters. The van der Waals surface area contributed by atoms with Crippen LogP contribution in [0.3, 0.4) is 0 Å². The Morgan fingerprint density at radius 2 is 2.10 bits per heavy atom. The zero-order valence-electron chi connectivity index (χ0n) is 11.1. The highest BCUT2D eigenvalue weighted by Gasteiger charge is 2.10. The number of rotatable bonds is 7. The number of nitrogens with two attached hydrogens (primary N) is 1. The molecular weight excluding hydrogens is 272 g/mol. The molecule has 4 nitrogen and oxygen atoms in total. The summed E-state index contributed by atoms with van der Waals surface area (Å²) in [7, 11) is 0. The van der Waals surface area contributed by atoms with Gasteiger partial charge in [0.1, 0.15) is 0 Å². The quantitative estimate of drug-likeness (QED) is 0.724. The van der Waals surface area contributed by atoms with Crippen LogP contribution in [0, 0.1) is 0 Å². The Morgan fingerprint density at radius 1 is 1.35 bits per heavy atom. The summed E-state index contributed by atoms with van der Waals surface area (Å²) in [5.74, 6) is -0.407. The van der Waals surface area contributed by atoms with E-state index in [1.165, 1.54) is 16.9 Å². The van der Waals surface area contributed by atoms with Crippen molar-refractivity contribution in [1.82, 2.24) is 5.32 Å². The number of aliphatic hydroxyl groups excluding tert-OH is 1. The average Bonchev–Trinajstić information content (AvgIpc) is 2.93. The van der Waals surface area contributed by atoms with Gasteiger partial charge in [-0.05, 0) is 18.1 Å². The molecule has 1 aromatic carbocycles. The lowest BCUT2D eigenvalue weighted by Crippen LogP contribution is -2.33. The molecule has 0 aliphatic carbocycles. The number of thiophene rings is 1. The molecule has 20 heavy (non-hydrogen) atoms. The summed E-state index contributed by atoms with van der Waals surface area (Å²) in [4.78, 5) is 12.1. The molecule has 1 amide bonds. The fraction of sp³-hybridized carbons (Fsp3) is 0.267. The summed E-state index contributed by atoms with van der Waals surface area (Å²) in [6.07, 6.45) is 0.769. The van der Waals surface area contributed by atoms with Gasteiger partial charge in [-0.2, -0.15) is 0 Å². The molecule has 2 aromatic rings. The van der Waals surface area contributed by atoms with E-state index in [-0.39, 0.29) is 12.6 Å². The molecule has 0 bridgehead atoms. The van der Waals surface area contributed by atoms with E-state index in [0.29, 0.717) is 12.1 Å². The second-order valence-electron chi connectivity index (χ2n) is 4.62. The fourth-order valence-electron chi connectivity index (χ4n) is 1.95. The van der Waals surface area contributed by atoms with E-state index >= 15 is 0 Å². The molecule has 0 spiro atoms. The maximum Gasteiger partial charge on any atom is 0.249 e. The van der Waals surface area contributed by atoms with E-state index in [0.717, 1.165) is 11.3 Å². The highest BCUT2D eigenvalue weighted by atomic mass is 32.1. The van der Waals surface area contributed by atoms with Crippen LogP contribution in [0.15, 0.2) is 41.8 Å². The van der Waals surface area contributed by atoms with Gasteiger partial charge in [-0.1, -0.05) is 30.3 Å². The molecule has 0 saturated heterocycles. The van der Waals surface area contributed by atoms with Crippen molar-refractivity contribution in [2.45, 2.75) is 19.0 Å². The van der Waals surface area contributed by atoms with Crippen molar-refractivity contribution in [2.75, 3.05) is 6.61 Å². The number of carbonyl (C=O) groups excluding carboxylic acids is 1. The Hall–Kier alpha value is -1.69. The van der Waals surface area contributed by atoms with Crippen molar-refractivity contribution in [3.05, 3.63) is 57.8 Å². The minimum Gasteiger partial charge on any atom is -0.395 e. The van der Waals surface area contributed by atoms with Crippen LogP contribution < -0.4 is 11.1 Å². The molecule has 0 aliphatic rings.